The number of halogens is 1. The normalized spacial score (nSPS) is 15.6. The molecule has 0 aliphatic carbocycles. The molecule has 1 aromatic heterocycles. The van der Waals surface area contributed by atoms with Crippen molar-refractivity contribution in [2.45, 2.75) is 13.5 Å². The van der Waals surface area contributed by atoms with Gasteiger partial charge in [0.15, 0.2) is 5.78 Å². The van der Waals surface area contributed by atoms with E-state index in [1.54, 1.807) is 48.5 Å². The molecule has 2 aliphatic rings. The van der Waals surface area contributed by atoms with Crippen molar-refractivity contribution >= 4 is 51.2 Å². The molecule has 0 radical (unpaired) electrons. The minimum Gasteiger partial charge on any atom is -0.369 e. The molecule has 196 valence electrons. The number of hydrogen-bond acceptors (Lipinski definition) is 6. The Balaban J connectivity index is 1.35. The molecular weight excluding hydrogens is 530 g/mol. The first kappa shape index (κ1) is 25.5. The van der Waals surface area contributed by atoms with Gasteiger partial charge < -0.3 is 4.90 Å². The molecule has 0 atom stereocenters. The lowest BCUT2D eigenvalue weighted by Crippen LogP contribution is -2.46. The van der Waals surface area contributed by atoms with Gasteiger partial charge in [-0.25, -0.2) is 4.90 Å². The number of anilines is 2. The fourth-order valence-corrected chi connectivity index (χ4v) is 6.57. The lowest BCUT2D eigenvalue weighted by Gasteiger charge is -2.36. The second-order valence-electron chi connectivity index (χ2n) is 9.74. The molecular formula is C31H26ClN3O3S. The van der Waals surface area contributed by atoms with E-state index >= 15 is 0 Å². The quantitative estimate of drug-likeness (QED) is 0.214. The Bertz CT molecular complexity index is 1540. The maximum Gasteiger partial charge on any atom is 0.266 e. The number of imide groups is 1. The Morgan fingerprint density at radius 3 is 2.03 bits per heavy atom. The number of fused-ring (bicyclic) bond motifs is 1. The van der Waals surface area contributed by atoms with Crippen LogP contribution < -0.4 is 9.80 Å². The average Bonchev–Trinajstić information content (AvgIpc) is 3.41. The van der Waals surface area contributed by atoms with Crippen molar-refractivity contribution in [1.29, 1.82) is 0 Å². The van der Waals surface area contributed by atoms with Crippen LogP contribution in [0.5, 0.6) is 0 Å². The summed E-state index contributed by atoms with van der Waals surface area (Å²) in [7, 11) is 0. The van der Waals surface area contributed by atoms with E-state index in [-0.39, 0.29) is 5.78 Å². The summed E-state index contributed by atoms with van der Waals surface area (Å²) in [6, 6.07) is 23.9. The Morgan fingerprint density at radius 1 is 0.821 bits per heavy atom. The van der Waals surface area contributed by atoms with E-state index in [2.05, 4.69) is 21.9 Å². The van der Waals surface area contributed by atoms with Crippen LogP contribution in [0.2, 0.25) is 5.02 Å². The largest absolute Gasteiger partial charge is 0.369 e. The second kappa shape index (κ2) is 10.4. The molecule has 1 saturated heterocycles. The van der Waals surface area contributed by atoms with Crippen LogP contribution in [0, 0.1) is 6.92 Å². The lowest BCUT2D eigenvalue weighted by atomic mass is 9.99. The van der Waals surface area contributed by atoms with Gasteiger partial charge in [0.05, 0.1) is 16.7 Å². The molecule has 4 aromatic rings. The summed E-state index contributed by atoms with van der Waals surface area (Å²) in [5.74, 6) is -1.02. The summed E-state index contributed by atoms with van der Waals surface area (Å²) >= 11 is 7.42. The molecule has 0 unspecified atom stereocenters. The summed E-state index contributed by atoms with van der Waals surface area (Å²) < 4.78 is 0. The van der Waals surface area contributed by atoms with Crippen molar-refractivity contribution < 1.29 is 14.4 Å². The third-order valence-corrected chi connectivity index (χ3v) is 8.78. The summed E-state index contributed by atoms with van der Waals surface area (Å²) in [6.07, 6.45) is 0. The molecule has 8 heteroatoms. The van der Waals surface area contributed by atoms with Gasteiger partial charge in [-0.15, -0.1) is 11.3 Å². The predicted molar refractivity (Wildman–Crippen MR) is 155 cm³/mol. The first-order chi connectivity index (χ1) is 18.9. The molecule has 6 rings (SSSR count). The third kappa shape index (κ3) is 4.67. The molecule has 2 amide bonds. The van der Waals surface area contributed by atoms with Gasteiger partial charge in [-0.1, -0.05) is 41.9 Å². The maximum atomic E-state index is 14.0. The fraction of sp³-hybridized carbons (Fsp3) is 0.194. The van der Waals surface area contributed by atoms with Crippen molar-refractivity contribution in [3.63, 3.8) is 0 Å². The number of carbonyl (C=O) groups is 3. The maximum absolute atomic E-state index is 14.0. The molecule has 6 nitrogen and oxygen atoms in total. The summed E-state index contributed by atoms with van der Waals surface area (Å²) in [5, 5.41) is 0.918. The molecule has 0 saturated carbocycles. The van der Waals surface area contributed by atoms with Gasteiger partial charge in [-0.3, -0.25) is 19.3 Å². The van der Waals surface area contributed by atoms with Crippen LogP contribution in [0.15, 0.2) is 78.9 Å². The minimum absolute atomic E-state index is 0.222. The zero-order valence-electron chi connectivity index (χ0n) is 21.4. The van der Waals surface area contributed by atoms with Gasteiger partial charge in [-0.2, -0.15) is 0 Å². The van der Waals surface area contributed by atoms with Crippen LogP contribution in [0.4, 0.5) is 10.7 Å². The average molecular weight is 556 g/mol. The van der Waals surface area contributed by atoms with Crippen LogP contribution in [0.3, 0.4) is 0 Å². The van der Waals surface area contributed by atoms with Crippen LogP contribution >= 0.6 is 22.9 Å². The number of amides is 2. The van der Waals surface area contributed by atoms with Gasteiger partial charge in [0.1, 0.15) is 5.00 Å². The number of aryl methyl sites for hydroxylation is 1. The zero-order chi connectivity index (χ0) is 27.1. The predicted octanol–water partition coefficient (Wildman–Crippen LogP) is 6.06. The number of para-hydroxylation sites is 1. The number of benzene rings is 3. The van der Waals surface area contributed by atoms with E-state index in [4.69, 9.17) is 11.6 Å². The minimum atomic E-state index is -0.398. The van der Waals surface area contributed by atoms with Crippen LogP contribution in [0.1, 0.15) is 47.1 Å². The molecule has 1 fully saturated rings. The molecule has 3 heterocycles. The van der Waals surface area contributed by atoms with Crippen molar-refractivity contribution in [3.05, 3.63) is 117 Å². The van der Waals surface area contributed by atoms with E-state index in [9.17, 15) is 14.4 Å². The highest BCUT2D eigenvalue weighted by molar-refractivity contribution is 7.17. The van der Waals surface area contributed by atoms with E-state index in [0.717, 1.165) is 36.6 Å². The smallest absolute Gasteiger partial charge is 0.266 e. The van der Waals surface area contributed by atoms with E-state index in [0.29, 0.717) is 38.8 Å². The van der Waals surface area contributed by atoms with Crippen LogP contribution in [0.25, 0.3) is 0 Å². The zero-order valence-corrected chi connectivity index (χ0v) is 23.0. The monoisotopic (exact) mass is 555 g/mol. The van der Waals surface area contributed by atoms with Crippen molar-refractivity contribution in [2.75, 3.05) is 36.0 Å². The highest BCUT2D eigenvalue weighted by Crippen LogP contribution is 2.41. The topological polar surface area (TPSA) is 60.9 Å². The number of carbonyl (C=O) groups excluding carboxylic acids is 3. The third-order valence-electron chi connectivity index (χ3n) is 7.40. The standard InChI is InChI=1S/C31H26ClN3O3S/c1-20-26(19-33-15-17-34(18-16-33)23-7-3-2-4-8-23)27(28(36)21-11-13-22(32)14-12-21)31(39-20)35-29(37)24-9-5-6-10-25(24)30(35)38/h2-14H,15-19H2,1H3. The summed E-state index contributed by atoms with van der Waals surface area (Å²) in [5.41, 5.74) is 3.66. The second-order valence-corrected chi connectivity index (χ2v) is 11.4. The Morgan fingerprint density at radius 2 is 1.41 bits per heavy atom. The highest BCUT2D eigenvalue weighted by atomic mass is 35.5. The first-order valence-electron chi connectivity index (χ1n) is 12.8. The molecule has 0 N–H and O–H groups in total. The number of hydrogen-bond donors (Lipinski definition) is 0. The van der Waals surface area contributed by atoms with Crippen LogP contribution in [-0.2, 0) is 6.54 Å². The number of piperazine rings is 1. The summed E-state index contributed by atoms with van der Waals surface area (Å²) in [6.45, 7) is 5.93. The molecule has 3 aromatic carbocycles. The molecule has 0 spiro atoms. The van der Waals surface area contributed by atoms with E-state index < -0.39 is 11.8 Å². The van der Waals surface area contributed by atoms with Gasteiger partial charge in [-0.05, 0) is 61.0 Å². The Labute approximate surface area is 236 Å². The van der Waals surface area contributed by atoms with Gasteiger partial charge in [0.25, 0.3) is 11.8 Å². The number of ketones is 1. The van der Waals surface area contributed by atoms with Gasteiger partial charge in [0, 0.05) is 53.9 Å². The lowest BCUT2D eigenvalue weighted by molar-refractivity contribution is 0.0927. The van der Waals surface area contributed by atoms with Gasteiger partial charge in [0.2, 0.25) is 0 Å². The van der Waals surface area contributed by atoms with Crippen molar-refractivity contribution in [2.24, 2.45) is 0 Å². The molecule has 2 aliphatic heterocycles. The summed E-state index contributed by atoms with van der Waals surface area (Å²) in [4.78, 5) is 47.6. The SMILES string of the molecule is Cc1sc(N2C(=O)c3ccccc3C2=O)c(C(=O)c2ccc(Cl)cc2)c1CN1CCN(c2ccccc2)CC1. The fourth-order valence-electron chi connectivity index (χ4n) is 5.29. The molecule has 39 heavy (non-hydrogen) atoms. The van der Waals surface area contributed by atoms with E-state index in [1.807, 2.05) is 25.1 Å². The Kier molecular flexibility index (Phi) is 6.81. The van der Waals surface area contributed by atoms with Gasteiger partial charge >= 0.3 is 0 Å². The van der Waals surface area contributed by atoms with Crippen molar-refractivity contribution in [1.82, 2.24) is 4.90 Å². The van der Waals surface area contributed by atoms with Crippen molar-refractivity contribution in [3.8, 4) is 0 Å². The van der Waals surface area contributed by atoms with E-state index in [1.165, 1.54) is 21.9 Å². The number of thiophene rings is 1. The first-order valence-corrected chi connectivity index (χ1v) is 14.0. The number of rotatable bonds is 6. The molecule has 0 bridgehead atoms. The Hall–Kier alpha value is -3.78. The van der Waals surface area contributed by atoms with Crippen LogP contribution in [-0.4, -0.2) is 48.7 Å². The highest BCUT2D eigenvalue weighted by Gasteiger charge is 2.40. The number of nitrogens with zero attached hydrogens (tertiary/aromatic N) is 3.